The van der Waals surface area contributed by atoms with Crippen molar-refractivity contribution in [2.45, 2.75) is 27.2 Å². The van der Waals surface area contributed by atoms with Gasteiger partial charge in [-0.25, -0.2) is 4.79 Å². The maximum atomic E-state index is 12.8. The van der Waals surface area contributed by atoms with Crippen molar-refractivity contribution in [2.75, 3.05) is 30.3 Å². The Balaban J connectivity index is 2.17. The van der Waals surface area contributed by atoms with Gasteiger partial charge in [0.15, 0.2) is 0 Å². The third-order valence-electron chi connectivity index (χ3n) is 5.12. The number of nitrogen functional groups attached to an aromatic ring is 1. The quantitative estimate of drug-likeness (QED) is 0.514. The number of hydrogen-bond acceptors (Lipinski definition) is 5. The van der Waals surface area contributed by atoms with Gasteiger partial charge < -0.3 is 20.8 Å². The van der Waals surface area contributed by atoms with Gasteiger partial charge in [0, 0.05) is 35.9 Å². The summed E-state index contributed by atoms with van der Waals surface area (Å²) in [6, 6.07) is 11.7. The van der Waals surface area contributed by atoms with Crippen LogP contribution in [0.1, 0.15) is 25.0 Å². The first-order valence-corrected chi connectivity index (χ1v) is 9.41. The lowest BCUT2D eigenvalue weighted by molar-refractivity contribution is 0.562. The van der Waals surface area contributed by atoms with Crippen molar-refractivity contribution in [1.29, 1.82) is 0 Å². The van der Waals surface area contributed by atoms with Crippen LogP contribution in [0, 0.1) is 6.92 Å². The van der Waals surface area contributed by atoms with Crippen molar-refractivity contribution in [3.63, 3.8) is 0 Å². The fraction of sp³-hybridized carbons (Fsp3) is 0.318. The van der Waals surface area contributed by atoms with Crippen molar-refractivity contribution in [2.24, 2.45) is 5.73 Å². The second kappa shape index (κ2) is 7.84. The molecule has 0 saturated carbocycles. The molecule has 5 heteroatoms. The summed E-state index contributed by atoms with van der Waals surface area (Å²) in [5.74, 6) is 0. The Kier molecular flexibility index (Phi) is 5.51. The van der Waals surface area contributed by atoms with Crippen LogP contribution in [-0.4, -0.2) is 19.6 Å². The summed E-state index contributed by atoms with van der Waals surface area (Å²) in [6.45, 7) is 8.49. The van der Waals surface area contributed by atoms with E-state index in [4.69, 9.17) is 15.9 Å². The molecule has 27 heavy (non-hydrogen) atoms. The van der Waals surface area contributed by atoms with E-state index in [9.17, 15) is 4.79 Å². The first-order valence-electron chi connectivity index (χ1n) is 9.41. The highest BCUT2D eigenvalue weighted by Gasteiger charge is 2.15. The minimum absolute atomic E-state index is 0.333. The van der Waals surface area contributed by atoms with Gasteiger partial charge in [0.1, 0.15) is 5.58 Å². The summed E-state index contributed by atoms with van der Waals surface area (Å²) < 4.78 is 5.70. The van der Waals surface area contributed by atoms with Gasteiger partial charge >= 0.3 is 5.63 Å². The number of fused-ring (bicyclic) bond motifs is 1. The van der Waals surface area contributed by atoms with E-state index < -0.39 is 0 Å². The molecule has 5 nitrogen and oxygen atoms in total. The van der Waals surface area contributed by atoms with Crippen LogP contribution in [0.25, 0.3) is 22.1 Å². The first kappa shape index (κ1) is 19.0. The lowest BCUT2D eigenvalue weighted by atomic mass is 9.96. The number of anilines is 2. The maximum absolute atomic E-state index is 12.8. The van der Waals surface area contributed by atoms with Crippen molar-refractivity contribution in [3.05, 3.63) is 57.9 Å². The molecular formula is C22H27N3O2. The van der Waals surface area contributed by atoms with Gasteiger partial charge in [-0.3, -0.25) is 0 Å². The Morgan fingerprint density at radius 3 is 2.48 bits per heavy atom. The standard InChI is InChI=1S/C22H27N3O2/c1-4-25(5-2)17-7-8-18-14(3)21(22(26)27-20(18)13-17)16-6-9-19(24)15(12-16)10-11-23/h6-9,12-13H,4-5,10-11,23-24H2,1-3H3. The average molecular weight is 365 g/mol. The van der Waals surface area contributed by atoms with Crippen LogP contribution < -0.4 is 22.0 Å². The minimum Gasteiger partial charge on any atom is -0.422 e. The Labute approximate surface area is 159 Å². The molecule has 0 spiro atoms. The topological polar surface area (TPSA) is 85.5 Å². The second-order valence-corrected chi connectivity index (χ2v) is 6.69. The number of aryl methyl sites for hydroxylation is 1. The summed E-state index contributed by atoms with van der Waals surface area (Å²) in [5.41, 5.74) is 17.0. The van der Waals surface area contributed by atoms with Crippen molar-refractivity contribution < 1.29 is 4.42 Å². The molecule has 0 amide bonds. The molecule has 0 aliphatic heterocycles. The molecule has 0 fully saturated rings. The van der Waals surface area contributed by atoms with Crippen molar-refractivity contribution in [1.82, 2.24) is 0 Å². The fourth-order valence-electron chi connectivity index (χ4n) is 3.60. The number of benzene rings is 2. The normalized spacial score (nSPS) is 11.1. The van der Waals surface area contributed by atoms with Gasteiger partial charge in [0.2, 0.25) is 0 Å². The molecule has 0 aliphatic carbocycles. The molecule has 3 aromatic rings. The maximum Gasteiger partial charge on any atom is 0.344 e. The van der Waals surface area contributed by atoms with E-state index in [1.165, 1.54) is 0 Å². The molecule has 3 rings (SSSR count). The monoisotopic (exact) mass is 365 g/mol. The van der Waals surface area contributed by atoms with Gasteiger partial charge in [-0.05, 0) is 74.7 Å². The Bertz CT molecular complexity index is 1020. The Hall–Kier alpha value is -2.79. The van der Waals surface area contributed by atoms with Crippen molar-refractivity contribution >= 4 is 22.3 Å². The summed E-state index contributed by atoms with van der Waals surface area (Å²) in [5, 5.41) is 0.942. The number of rotatable bonds is 6. The summed E-state index contributed by atoms with van der Waals surface area (Å²) in [4.78, 5) is 15.0. The fourth-order valence-corrected chi connectivity index (χ4v) is 3.60. The molecule has 2 aromatic carbocycles. The molecule has 0 bridgehead atoms. The highest BCUT2D eigenvalue weighted by molar-refractivity contribution is 5.89. The van der Waals surface area contributed by atoms with E-state index in [0.29, 0.717) is 29.8 Å². The van der Waals surface area contributed by atoms with Crippen LogP contribution in [0.5, 0.6) is 0 Å². The zero-order valence-electron chi connectivity index (χ0n) is 16.2. The average Bonchev–Trinajstić information content (AvgIpc) is 2.65. The molecule has 142 valence electrons. The predicted molar refractivity (Wildman–Crippen MR) is 113 cm³/mol. The third kappa shape index (κ3) is 3.55. The number of hydrogen-bond donors (Lipinski definition) is 2. The van der Waals surface area contributed by atoms with E-state index in [0.717, 1.165) is 40.9 Å². The molecule has 0 unspecified atom stereocenters. The molecule has 0 aliphatic rings. The summed E-state index contributed by atoms with van der Waals surface area (Å²) in [6.07, 6.45) is 0.671. The lowest BCUT2D eigenvalue weighted by Gasteiger charge is -2.21. The zero-order valence-corrected chi connectivity index (χ0v) is 16.2. The number of nitrogens with two attached hydrogens (primary N) is 2. The SMILES string of the molecule is CCN(CC)c1ccc2c(C)c(-c3ccc(N)c(CCN)c3)c(=O)oc2c1. The second-order valence-electron chi connectivity index (χ2n) is 6.69. The van der Waals surface area contributed by atoms with Gasteiger partial charge in [-0.15, -0.1) is 0 Å². The first-order chi connectivity index (χ1) is 13.0. The highest BCUT2D eigenvalue weighted by Crippen LogP contribution is 2.30. The van der Waals surface area contributed by atoms with E-state index in [2.05, 4.69) is 24.8 Å². The molecule has 4 N–H and O–H groups in total. The van der Waals surface area contributed by atoms with Gasteiger partial charge in [-0.1, -0.05) is 6.07 Å². The molecule has 0 saturated heterocycles. The van der Waals surface area contributed by atoms with Gasteiger partial charge in [0.25, 0.3) is 0 Å². The summed E-state index contributed by atoms with van der Waals surface area (Å²) >= 11 is 0. The largest absolute Gasteiger partial charge is 0.422 e. The van der Waals surface area contributed by atoms with E-state index in [1.807, 2.05) is 37.3 Å². The minimum atomic E-state index is -0.333. The Morgan fingerprint density at radius 1 is 1.07 bits per heavy atom. The van der Waals surface area contributed by atoms with Crippen molar-refractivity contribution in [3.8, 4) is 11.1 Å². The van der Waals surface area contributed by atoms with E-state index in [1.54, 1.807) is 0 Å². The van der Waals surface area contributed by atoms with Crippen LogP contribution in [-0.2, 0) is 6.42 Å². The van der Waals surface area contributed by atoms with Gasteiger partial charge in [0.05, 0.1) is 5.56 Å². The van der Waals surface area contributed by atoms with Crippen LogP contribution in [0.2, 0.25) is 0 Å². The molecule has 0 radical (unpaired) electrons. The summed E-state index contributed by atoms with van der Waals surface area (Å²) in [7, 11) is 0. The Morgan fingerprint density at radius 2 is 1.81 bits per heavy atom. The molecule has 1 heterocycles. The van der Waals surface area contributed by atoms with Gasteiger partial charge in [-0.2, -0.15) is 0 Å². The van der Waals surface area contributed by atoms with E-state index >= 15 is 0 Å². The van der Waals surface area contributed by atoms with E-state index in [-0.39, 0.29) is 5.63 Å². The zero-order chi connectivity index (χ0) is 19.6. The van der Waals surface area contributed by atoms with Crippen LogP contribution >= 0.6 is 0 Å². The molecule has 0 atom stereocenters. The highest BCUT2D eigenvalue weighted by atomic mass is 16.4. The number of nitrogens with zero attached hydrogens (tertiary/aromatic N) is 1. The smallest absolute Gasteiger partial charge is 0.344 e. The van der Waals surface area contributed by atoms with Crippen LogP contribution in [0.15, 0.2) is 45.6 Å². The molecular weight excluding hydrogens is 338 g/mol. The third-order valence-corrected chi connectivity index (χ3v) is 5.12. The molecule has 1 aromatic heterocycles. The predicted octanol–water partition coefficient (Wildman–Crippen LogP) is 3.70. The van der Waals surface area contributed by atoms with Crippen LogP contribution in [0.4, 0.5) is 11.4 Å². The van der Waals surface area contributed by atoms with Crippen LogP contribution in [0.3, 0.4) is 0 Å². The lowest BCUT2D eigenvalue weighted by Crippen LogP contribution is -2.21.